The van der Waals surface area contributed by atoms with E-state index < -0.39 is 61.5 Å². The first kappa shape index (κ1) is 29.0. The lowest BCUT2D eigenvalue weighted by Crippen LogP contribution is -2.60. The molecule has 1 aromatic rings. The predicted octanol–water partition coefficient (Wildman–Crippen LogP) is 1.49. The molecule has 0 radical (unpaired) electrons. The van der Waals surface area contributed by atoms with Crippen molar-refractivity contribution in [2.24, 2.45) is 17.8 Å². The number of fused-ring (bicyclic) bond motifs is 3. The fourth-order valence-electron chi connectivity index (χ4n) is 6.26. The molecule has 11 heteroatoms. The van der Waals surface area contributed by atoms with Gasteiger partial charge in [-0.3, -0.25) is 0 Å². The van der Waals surface area contributed by atoms with Crippen LogP contribution in [0.1, 0.15) is 24.8 Å². The minimum absolute atomic E-state index is 0.0976. The maximum atomic E-state index is 12.7. The van der Waals surface area contributed by atoms with Gasteiger partial charge in [0.15, 0.2) is 23.9 Å². The summed E-state index contributed by atoms with van der Waals surface area (Å²) < 4.78 is 23.1. The van der Waals surface area contributed by atoms with Gasteiger partial charge in [0.25, 0.3) is 0 Å². The standard InChI is InChI=1S/C30H34O11/c1-13-4-7-17-14(2)29(37)41-27(17)24-15(3)21(11-18(13)24)38-30-28(26(36)25(35)22(12-31)39-30)40-23(34)9-6-16-5-8-19(32)20(33)10-16/h5-6,8-10,17-18,21-22,24-28,30-33,35-36H,1-4,7,11-12H2/t17-,18-,21-,22+,24-,25+,26-,27-,28+,30+/m0/s1. The SMILES string of the molecule is C=C1[C@@H]2[C@H]3OC(=O)C(=C)[C@@H]3CCC(=C)[C@@H]2C[C@@H]1O[C@@H]1O[C@H](CO)[C@@H](O)[C@H](O)[C@H]1OC(=O)C=Cc1ccc(O)c(O)c1. The van der Waals surface area contributed by atoms with E-state index in [1.54, 1.807) is 0 Å². The smallest absolute Gasteiger partial charge is 0.334 e. The summed E-state index contributed by atoms with van der Waals surface area (Å²) in [6.07, 6.45) is -4.22. The second-order valence-electron chi connectivity index (χ2n) is 11.0. The maximum Gasteiger partial charge on any atom is 0.334 e. The average Bonchev–Trinajstić information content (AvgIpc) is 3.36. The highest BCUT2D eigenvalue weighted by molar-refractivity contribution is 5.91. The number of benzene rings is 1. The van der Waals surface area contributed by atoms with Gasteiger partial charge in [-0.2, -0.15) is 0 Å². The van der Waals surface area contributed by atoms with Crippen LogP contribution in [0.15, 0.2) is 60.7 Å². The number of carbonyl (C=O) groups excluding carboxylic acids is 2. The van der Waals surface area contributed by atoms with Crippen LogP contribution in [-0.4, -0.2) is 87.0 Å². The molecular formula is C30H34O11. The first-order valence-electron chi connectivity index (χ1n) is 13.4. The summed E-state index contributed by atoms with van der Waals surface area (Å²) in [5.41, 5.74) is 2.43. The first-order valence-corrected chi connectivity index (χ1v) is 13.4. The monoisotopic (exact) mass is 570 g/mol. The van der Waals surface area contributed by atoms with Gasteiger partial charge >= 0.3 is 11.9 Å². The average molecular weight is 571 g/mol. The quantitative estimate of drug-likeness (QED) is 0.145. The predicted molar refractivity (Wildman–Crippen MR) is 143 cm³/mol. The normalized spacial score (nSPS) is 37.0. The fraction of sp³-hybridized carbons (Fsp3) is 0.467. The number of rotatable bonds is 6. The van der Waals surface area contributed by atoms with E-state index in [9.17, 15) is 35.1 Å². The summed E-state index contributed by atoms with van der Waals surface area (Å²) in [6.45, 7) is 11.8. The van der Waals surface area contributed by atoms with Crippen molar-refractivity contribution in [1.29, 1.82) is 0 Å². The largest absolute Gasteiger partial charge is 0.504 e. The summed E-state index contributed by atoms with van der Waals surface area (Å²) in [7, 11) is 0. The molecule has 220 valence electrons. The topological polar surface area (TPSA) is 172 Å². The highest BCUT2D eigenvalue weighted by Crippen LogP contribution is 2.53. The highest BCUT2D eigenvalue weighted by Gasteiger charge is 2.55. The van der Waals surface area contributed by atoms with Gasteiger partial charge < -0.3 is 44.5 Å². The van der Waals surface area contributed by atoms with E-state index in [1.807, 2.05) is 0 Å². The second kappa shape index (κ2) is 11.4. The third-order valence-electron chi connectivity index (χ3n) is 8.53. The van der Waals surface area contributed by atoms with Crippen molar-refractivity contribution in [3.63, 3.8) is 0 Å². The zero-order valence-corrected chi connectivity index (χ0v) is 22.3. The molecule has 4 aliphatic rings. The Labute approximate surface area is 236 Å². The molecule has 5 N–H and O–H groups in total. The van der Waals surface area contributed by atoms with Gasteiger partial charge in [-0.25, -0.2) is 9.59 Å². The molecule has 0 aromatic heterocycles. The molecule has 41 heavy (non-hydrogen) atoms. The van der Waals surface area contributed by atoms with Crippen molar-refractivity contribution < 1.29 is 54.1 Å². The number of phenolic OH excluding ortho intramolecular Hbond substituents is 2. The zero-order valence-electron chi connectivity index (χ0n) is 22.3. The number of ether oxygens (including phenoxy) is 4. The van der Waals surface area contributed by atoms with E-state index in [4.69, 9.17) is 18.9 Å². The van der Waals surface area contributed by atoms with Crippen LogP contribution in [0.3, 0.4) is 0 Å². The van der Waals surface area contributed by atoms with Gasteiger partial charge in [0.05, 0.1) is 12.7 Å². The highest BCUT2D eigenvalue weighted by atomic mass is 16.7. The Morgan fingerprint density at radius 1 is 1.10 bits per heavy atom. The van der Waals surface area contributed by atoms with Crippen LogP contribution in [0.2, 0.25) is 0 Å². The van der Waals surface area contributed by atoms with E-state index in [1.165, 1.54) is 24.3 Å². The Kier molecular flexibility index (Phi) is 8.09. The van der Waals surface area contributed by atoms with E-state index in [-0.39, 0.29) is 29.3 Å². The molecule has 2 saturated carbocycles. The molecule has 4 fully saturated rings. The molecule has 5 rings (SSSR count). The third kappa shape index (κ3) is 5.43. The number of phenols is 2. The maximum absolute atomic E-state index is 12.7. The Bertz CT molecular complexity index is 1280. The molecule has 0 spiro atoms. The second-order valence-corrected chi connectivity index (χ2v) is 11.0. The molecule has 2 heterocycles. The summed E-state index contributed by atoms with van der Waals surface area (Å²) in [4.78, 5) is 25.0. The Morgan fingerprint density at radius 3 is 2.56 bits per heavy atom. The number of hydrogen-bond acceptors (Lipinski definition) is 11. The lowest BCUT2D eigenvalue weighted by molar-refractivity contribution is -0.310. The molecular weight excluding hydrogens is 536 g/mol. The van der Waals surface area contributed by atoms with Crippen LogP contribution in [-0.2, 0) is 28.5 Å². The number of aliphatic hydroxyl groups is 3. The van der Waals surface area contributed by atoms with Crippen molar-refractivity contribution in [3.8, 4) is 11.5 Å². The Balaban J connectivity index is 1.34. The van der Waals surface area contributed by atoms with Crippen molar-refractivity contribution in [2.45, 2.75) is 62.2 Å². The van der Waals surface area contributed by atoms with Gasteiger partial charge in [-0.1, -0.05) is 31.4 Å². The summed E-state index contributed by atoms with van der Waals surface area (Å²) in [5.74, 6) is -2.56. The summed E-state index contributed by atoms with van der Waals surface area (Å²) >= 11 is 0. The van der Waals surface area contributed by atoms with Crippen molar-refractivity contribution in [1.82, 2.24) is 0 Å². The van der Waals surface area contributed by atoms with Gasteiger partial charge in [0, 0.05) is 23.5 Å². The summed E-state index contributed by atoms with van der Waals surface area (Å²) in [6, 6.07) is 3.95. The number of allylic oxidation sites excluding steroid dienone is 1. The van der Waals surface area contributed by atoms with Crippen LogP contribution in [0.25, 0.3) is 6.08 Å². The molecule has 0 unspecified atom stereocenters. The van der Waals surface area contributed by atoms with Crippen LogP contribution in [0.4, 0.5) is 0 Å². The van der Waals surface area contributed by atoms with E-state index >= 15 is 0 Å². The van der Waals surface area contributed by atoms with Crippen LogP contribution in [0.5, 0.6) is 11.5 Å². The van der Waals surface area contributed by atoms with Crippen LogP contribution >= 0.6 is 0 Å². The number of aliphatic hydroxyl groups excluding tert-OH is 3. The first-order chi connectivity index (χ1) is 19.5. The third-order valence-corrected chi connectivity index (χ3v) is 8.53. The van der Waals surface area contributed by atoms with Gasteiger partial charge in [-0.15, -0.1) is 0 Å². The Morgan fingerprint density at radius 2 is 1.85 bits per heavy atom. The molecule has 2 saturated heterocycles. The lowest BCUT2D eigenvalue weighted by Gasteiger charge is -2.42. The van der Waals surface area contributed by atoms with Crippen LogP contribution < -0.4 is 0 Å². The molecule has 0 amide bonds. The minimum atomic E-state index is -1.65. The van der Waals surface area contributed by atoms with E-state index in [0.717, 1.165) is 11.6 Å². The van der Waals surface area contributed by atoms with E-state index in [0.29, 0.717) is 36.0 Å². The van der Waals surface area contributed by atoms with Gasteiger partial charge in [0.1, 0.15) is 24.4 Å². The number of carbonyl (C=O) groups is 2. The van der Waals surface area contributed by atoms with Crippen molar-refractivity contribution in [3.05, 3.63) is 66.3 Å². The lowest BCUT2D eigenvalue weighted by atomic mass is 9.82. The number of esters is 2. The number of hydrogen-bond donors (Lipinski definition) is 5. The Hall–Kier alpha value is -3.48. The molecule has 11 nitrogen and oxygen atoms in total. The number of aromatic hydroxyl groups is 2. The zero-order chi connectivity index (χ0) is 29.6. The molecule has 10 atom stereocenters. The fourth-order valence-corrected chi connectivity index (χ4v) is 6.26. The minimum Gasteiger partial charge on any atom is -0.504 e. The molecule has 0 bridgehead atoms. The van der Waals surface area contributed by atoms with Crippen molar-refractivity contribution >= 4 is 18.0 Å². The molecule has 2 aliphatic heterocycles. The van der Waals surface area contributed by atoms with Crippen LogP contribution in [0, 0.1) is 17.8 Å². The van der Waals surface area contributed by atoms with Gasteiger partial charge in [0.2, 0.25) is 0 Å². The molecule has 2 aliphatic carbocycles. The van der Waals surface area contributed by atoms with E-state index in [2.05, 4.69) is 19.7 Å². The summed E-state index contributed by atoms with van der Waals surface area (Å²) in [5, 5.41) is 50.1. The van der Waals surface area contributed by atoms with Gasteiger partial charge in [-0.05, 0) is 54.5 Å². The molecule has 1 aromatic carbocycles. The van der Waals surface area contributed by atoms with Crippen molar-refractivity contribution in [2.75, 3.05) is 6.61 Å².